The van der Waals surface area contributed by atoms with Gasteiger partial charge in [-0.3, -0.25) is 0 Å². The summed E-state index contributed by atoms with van der Waals surface area (Å²) >= 11 is 0. The second-order valence-corrected chi connectivity index (χ2v) is 6.43. The monoisotopic (exact) mass is 335 g/mol. The van der Waals surface area contributed by atoms with Gasteiger partial charge in [-0.25, -0.2) is 13.9 Å². The number of hydrogen-bond acceptors (Lipinski definition) is 5. The molecule has 0 N–H and O–H groups in total. The number of nitrogens with zero attached hydrogens (tertiary/aromatic N) is 3. The number of ether oxygens (including phenoxy) is 2. The molecular formula is C17H22FN3O3. The Kier molecular flexibility index (Phi) is 6.03. The molecule has 0 aliphatic carbocycles. The van der Waals surface area contributed by atoms with Gasteiger partial charge in [-0.15, -0.1) is 5.10 Å². The topological polar surface area (TPSA) is 66.2 Å². The van der Waals surface area contributed by atoms with E-state index < -0.39 is 17.7 Å². The third-order valence-electron chi connectivity index (χ3n) is 2.94. The van der Waals surface area contributed by atoms with Crippen LogP contribution in [0.1, 0.15) is 36.8 Å². The summed E-state index contributed by atoms with van der Waals surface area (Å²) in [4.78, 5) is 11.8. The molecule has 0 saturated carbocycles. The highest BCUT2D eigenvalue weighted by Gasteiger charge is 2.21. The van der Waals surface area contributed by atoms with Gasteiger partial charge in [-0.1, -0.05) is 35.5 Å². The Labute approximate surface area is 140 Å². The van der Waals surface area contributed by atoms with E-state index in [0.717, 1.165) is 5.56 Å². The summed E-state index contributed by atoms with van der Waals surface area (Å²) in [5, 5.41) is 7.46. The zero-order valence-electron chi connectivity index (χ0n) is 14.1. The Morgan fingerprint density at radius 2 is 2.00 bits per heavy atom. The lowest BCUT2D eigenvalue weighted by Crippen LogP contribution is -2.24. The fourth-order valence-electron chi connectivity index (χ4n) is 1.95. The van der Waals surface area contributed by atoms with Crippen molar-refractivity contribution in [2.45, 2.75) is 45.7 Å². The smallest absolute Gasteiger partial charge is 0.361 e. The molecule has 0 fully saturated rings. The van der Waals surface area contributed by atoms with Crippen LogP contribution in [0.4, 0.5) is 4.39 Å². The van der Waals surface area contributed by atoms with Crippen LogP contribution in [0.25, 0.3) is 0 Å². The number of halogens is 1. The van der Waals surface area contributed by atoms with Crippen LogP contribution in [-0.2, 0) is 22.6 Å². The average Bonchev–Trinajstić information content (AvgIpc) is 2.95. The summed E-state index contributed by atoms with van der Waals surface area (Å²) < 4.78 is 25.7. The minimum atomic E-state index is -1.25. The molecule has 6 nitrogen and oxygen atoms in total. The lowest BCUT2D eigenvalue weighted by molar-refractivity contribution is 0.00626. The van der Waals surface area contributed by atoms with E-state index in [1.165, 1.54) is 10.9 Å². The number of alkyl halides is 1. The van der Waals surface area contributed by atoms with Gasteiger partial charge in [0.05, 0.1) is 26.0 Å². The first-order valence-corrected chi connectivity index (χ1v) is 7.73. The summed E-state index contributed by atoms with van der Waals surface area (Å²) in [6.07, 6.45) is 0.125. The molecule has 1 atom stereocenters. The van der Waals surface area contributed by atoms with Gasteiger partial charge in [0.2, 0.25) is 0 Å². The largest absolute Gasteiger partial charge is 0.455 e. The van der Waals surface area contributed by atoms with E-state index in [2.05, 4.69) is 10.3 Å². The van der Waals surface area contributed by atoms with Gasteiger partial charge in [0.15, 0.2) is 5.69 Å². The van der Waals surface area contributed by atoms with Gasteiger partial charge < -0.3 is 9.47 Å². The van der Waals surface area contributed by atoms with Crippen molar-refractivity contribution in [3.63, 3.8) is 0 Å². The van der Waals surface area contributed by atoms with Gasteiger partial charge in [-0.2, -0.15) is 0 Å². The molecular weight excluding hydrogens is 313 g/mol. The number of esters is 1. The molecule has 0 unspecified atom stereocenters. The predicted molar refractivity (Wildman–Crippen MR) is 86.2 cm³/mol. The third-order valence-corrected chi connectivity index (χ3v) is 2.94. The van der Waals surface area contributed by atoms with Gasteiger partial charge >= 0.3 is 5.97 Å². The highest BCUT2D eigenvalue weighted by molar-refractivity contribution is 5.87. The van der Waals surface area contributed by atoms with Crippen LogP contribution in [0.15, 0.2) is 36.5 Å². The van der Waals surface area contributed by atoms with Gasteiger partial charge in [0.25, 0.3) is 0 Å². The summed E-state index contributed by atoms with van der Waals surface area (Å²) in [5.41, 5.74) is 0.425. The first-order chi connectivity index (χ1) is 11.3. The lowest BCUT2D eigenvalue weighted by Gasteiger charge is -2.18. The van der Waals surface area contributed by atoms with Crippen molar-refractivity contribution in [2.24, 2.45) is 0 Å². The van der Waals surface area contributed by atoms with Crippen molar-refractivity contribution < 1.29 is 18.7 Å². The molecule has 24 heavy (non-hydrogen) atoms. The van der Waals surface area contributed by atoms with Crippen LogP contribution in [-0.4, -0.2) is 39.3 Å². The zero-order valence-corrected chi connectivity index (χ0v) is 14.1. The van der Waals surface area contributed by atoms with E-state index in [9.17, 15) is 9.18 Å². The van der Waals surface area contributed by atoms with Crippen molar-refractivity contribution in [2.75, 3.05) is 6.61 Å². The number of rotatable bonds is 7. The Balaban J connectivity index is 1.78. The minimum Gasteiger partial charge on any atom is -0.455 e. The molecule has 0 radical (unpaired) electrons. The van der Waals surface area contributed by atoms with E-state index in [1.807, 2.05) is 30.3 Å². The fraction of sp³-hybridized carbons (Fsp3) is 0.471. The minimum absolute atomic E-state index is 0.0371. The average molecular weight is 335 g/mol. The Hall–Kier alpha value is -2.28. The third kappa shape index (κ3) is 6.08. The molecule has 1 heterocycles. The molecule has 2 aromatic rings. The predicted octanol–water partition coefficient (Wildman–Crippen LogP) is 2.79. The van der Waals surface area contributed by atoms with Crippen LogP contribution < -0.4 is 0 Å². The molecule has 0 amide bonds. The maximum Gasteiger partial charge on any atom is 0.361 e. The normalized spacial score (nSPS) is 12.8. The highest BCUT2D eigenvalue weighted by Crippen LogP contribution is 2.10. The fourth-order valence-corrected chi connectivity index (χ4v) is 1.95. The number of hydrogen-bond donors (Lipinski definition) is 0. The van der Waals surface area contributed by atoms with Gasteiger partial charge in [-0.05, 0) is 26.3 Å². The van der Waals surface area contributed by atoms with E-state index in [1.54, 1.807) is 20.8 Å². The van der Waals surface area contributed by atoms with Crippen molar-refractivity contribution in [1.29, 1.82) is 0 Å². The second-order valence-electron chi connectivity index (χ2n) is 6.43. The van der Waals surface area contributed by atoms with E-state index in [4.69, 9.17) is 9.47 Å². The molecule has 2 rings (SSSR count). The van der Waals surface area contributed by atoms with Gasteiger partial charge in [0, 0.05) is 0 Å². The SMILES string of the molecule is CC(C)(C)OC(=O)c1cn(C[C@@H](F)COCc2ccccc2)nn1. The maximum atomic E-state index is 13.9. The van der Waals surface area contributed by atoms with Crippen LogP contribution in [0.3, 0.4) is 0 Å². The standard InChI is InChI=1S/C17H22FN3O3/c1-17(2,3)24-16(22)15-10-21(20-19-15)9-14(18)12-23-11-13-7-5-4-6-8-13/h4-8,10,14H,9,11-12H2,1-3H3/t14-/m1/s1. The first-order valence-electron chi connectivity index (χ1n) is 7.73. The van der Waals surface area contributed by atoms with E-state index in [-0.39, 0.29) is 18.8 Å². The van der Waals surface area contributed by atoms with E-state index >= 15 is 0 Å². The molecule has 0 aliphatic heterocycles. The number of carbonyl (C=O) groups is 1. The number of carbonyl (C=O) groups excluding carboxylic acids is 1. The summed E-state index contributed by atoms with van der Waals surface area (Å²) in [6.45, 7) is 5.54. The molecule has 1 aromatic heterocycles. The van der Waals surface area contributed by atoms with Crippen molar-refractivity contribution in [3.05, 3.63) is 47.8 Å². The van der Waals surface area contributed by atoms with Crippen molar-refractivity contribution in [3.8, 4) is 0 Å². The van der Waals surface area contributed by atoms with Crippen LogP contribution in [0, 0.1) is 0 Å². The van der Waals surface area contributed by atoms with Crippen molar-refractivity contribution >= 4 is 5.97 Å². The summed E-state index contributed by atoms with van der Waals surface area (Å²) in [5.74, 6) is -0.579. The molecule has 1 aromatic carbocycles. The van der Waals surface area contributed by atoms with Gasteiger partial charge in [0.1, 0.15) is 11.8 Å². The molecule has 0 bridgehead atoms. The molecule has 130 valence electrons. The van der Waals surface area contributed by atoms with Crippen LogP contribution in [0.2, 0.25) is 0 Å². The molecule has 0 aliphatic rings. The zero-order chi connectivity index (χ0) is 17.6. The number of benzene rings is 1. The first kappa shape index (κ1) is 18.1. The Bertz CT molecular complexity index is 653. The molecule has 7 heteroatoms. The maximum absolute atomic E-state index is 13.9. The second kappa shape index (κ2) is 8.01. The van der Waals surface area contributed by atoms with Crippen LogP contribution in [0.5, 0.6) is 0 Å². The van der Waals surface area contributed by atoms with E-state index in [0.29, 0.717) is 6.61 Å². The quantitative estimate of drug-likeness (QED) is 0.728. The Morgan fingerprint density at radius 1 is 1.29 bits per heavy atom. The Morgan fingerprint density at radius 3 is 2.67 bits per heavy atom. The lowest BCUT2D eigenvalue weighted by atomic mass is 10.2. The summed E-state index contributed by atoms with van der Waals surface area (Å²) in [7, 11) is 0. The molecule has 0 spiro atoms. The van der Waals surface area contributed by atoms with Crippen LogP contribution >= 0.6 is 0 Å². The highest BCUT2D eigenvalue weighted by atomic mass is 19.1. The molecule has 0 saturated heterocycles. The number of aromatic nitrogens is 3. The van der Waals surface area contributed by atoms with Crippen molar-refractivity contribution in [1.82, 2.24) is 15.0 Å². The summed E-state index contributed by atoms with van der Waals surface area (Å²) in [6, 6.07) is 9.54.